The summed E-state index contributed by atoms with van der Waals surface area (Å²) in [6.07, 6.45) is -4.56. The quantitative estimate of drug-likeness (QED) is 0.825. The van der Waals surface area contributed by atoms with Crippen LogP contribution in [-0.4, -0.2) is 29.2 Å². The zero-order valence-corrected chi connectivity index (χ0v) is 13.7. The molecule has 1 aliphatic heterocycles. The zero-order valence-electron chi connectivity index (χ0n) is 12.9. The minimum atomic E-state index is -4.56. The normalized spacial score (nSPS) is 13.8. The Bertz CT molecular complexity index is 928. The van der Waals surface area contributed by atoms with Gasteiger partial charge in [0, 0.05) is 5.69 Å². The summed E-state index contributed by atoms with van der Waals surface area (Å²) in [5.41, 5.74) is -0.942. The lowest BCUT2D eigenvalue weighted by Crippen LogP contribution is -2.37. The second kappa shape index (κ2) is 6.45. The smallest absolute Gasteiger partial charge is 0.325 e. The number of alkyl halides is 3. The van der Waals surface area contributed by atoms with Gasteiger partial charge in [-0.25, -0.2) is 0 Å². The highest BCUT2D eigenvalue weighted by Crippen LogP contribution is 2.31. The average molecular weight is 383 g/mol. The van der Waals surface area contributed by atoms with E-state index in [1.165, 1.54) is 24.3 Å². The molecule has 0 spiro atoms. The minimum absolute atomic E-state index is 0.00559. The van der Waals surface area contributed by atoms with Crippen LogP contribution >= 0.6 is 11.6 Å². The molecule has 0 bridgehead atoms. The molecule has 3 amide bonds. The van der Waals surface area contributed by atoms with Crippen molar-refractivity contribution in [3.8, 4) is 0 Å². The average Bonchev–Trinajstić information content (AvgIpc) is 2.80. The van der Waals surface area contributed by atoms with Crippen LogP contribution in [0.1, 0.15) is 26.3 Å². The number of rotatable bonds is 3. The van der Waals surface area contributed by atoms with E-state index < -0.39 is 36.0 Å². The van der Waals surface area contributed by atoms with Crippen molar-refractivity contribution in [2.45, 2.75) is 6.18 Å². The fourth-order valence-corrected chi connectivity index (χ4v) is 2.81. The molecule has 2 aromatic rings. The van der Waals surface area contributed by atoms with Gasteiger partial charge < -0.3 is 5.32 Å². The van der Waals surface area contributed by atoms with Crippen LogP contribution in [0.15, 0.2) is 42.5 Å². The third-order valence-corrected chi connectivity index (χ3v) is 4.04. The summed E-state index contributed by atoms with van der Waals surface area (Å²) in [5.74, 6) is -2.23. The van der Waals surface area contributed by atoms with Crippen LogP contribution < -0.4 is 5.32 Å². The molecule has 0 atom stereocenters. The van der Waals surface area contributed by atoms with E-state index in [4.69, 9.17) is 11.6 Å². The van der Waals surface area contributed by atoms with Crippen LogP contribution in [0.4, 0.5) is 18.9 Å². The molecule has 9 heteroatoms. The molecule has 0 aromatic heterocycles. The van der Waals surface area contributed by atoms with Gasteiger partial charge in [-0.1, -0.05) is 23.7 Å². The first-order valence-electron chi connectivity index (χ1n) is 7.30. The van der Waals surface area contributed by atoms with Crippen LogP contribution in [-0.2, 0) is 11.0 Å². The molecular formula is C17H10ClF3N2O3. The van der Waals surface area contributed by atoms with Gasteiger partial charge in [0.25, 0.3) is 11.8 Å². The molecular weight excluding hydrogens is 373 g/mol. The first-order valence-corrected chi connectivity index (χ1v) is 7.68. The largest absolute Gasteiger partial charge is 0.416 e. The third kappa shape index (κ3) is 3.28. The number of benzene rings is 2. The molecule has 0 saturated carbocycles. The highest BCUT2D eigenvalue weighted by Gasteiger charge is 2.38. The van der Waals surface area contributed by atoms with Gasteiger partial charge in [-0.2, -0.15) is 13.2 Å². The molecule has 134 valence electrons. The maximum Gasteiger partial charge on any atom is 0.416 e. The summed E-state index contributed by atoms with van der Waals surface area (Å²) in [6.45, 7) is -0.640. The van der Waals surface area contributed by atoms with Gasteiger partial charge in [0.15, 0.2) is 0 Å². The Balaban J connectivity index is 1.75. The summed E-state index contributed by atoms with van der Waals surface area (Å²) >= 11 is 5.91. The van der Waals surface area contributed by atoms with E-state index in [2.05, 4.69) is 5.32 Å². The molecule has 1 N–H and O–H groups in total. The number of halogens is 4. The van der Waals surface area contributed by atoms with Gasteiger partial charge in [-0.3, -0.25) is 19.3 Å². The summed E-state index contributed by atoms with van der Waals surface area (Å²) in [7, 11) is 0. The van der Waals surface area contributed by atoms with Gasteiger partial charge in [0.1, 0.15) is 6.54 Å². The zero-order chi connectivity index (χ0) is 19.1. The van der Waals surface area contributed by atoms with Crippen LogP contribution in [0, 0.1) is 0 Å². The topological polar surface area (TPSA) is 66.5 Å². The van der Waals surface area contributed by atoms with Crippen molar-refractivity contribution in [3.63, 3.8) is 0 Å². The number of carbonyl (C=O) groups excluding carboxylic acids is 3. The Labute approximate surface area is 150 Å². The summed E-state index contributed by atoms with van der Waals surface area (Å²) in [5, 5.41) is 2.33. The van der Waals surface area contributed by atoms with E-state index in [0.717, 1.165) is 18.2 Å². The number of nitrogens with zero attached hydrogens (tertiary/aromatic N) is 1. The van der Waals surface area contributed by atoms with Gasteiger partial charge >= 0.3 is 6.18 Å². The Hall–Kier alpha value is -2.87. The van der Waals surface area contributed by atoms with Gasteiger partial charge in [0.2, 0.25) is 5.91 Å². The van der Waals surface area contributed by atoms with Crippen molar-refractivity contribution in [1.82, 2.24) is 4.90 Å². The SMILES string of the molecule is O=C(CN1C(=O)c2cccc(Cl)c2C1=O)Nc1cccc(C(F)(F)F)c1. The number of hydrogen-bond donors (Lipinski definition) is 1. The molecule has 3 rings (SSSR count). The summed E-state index contributed by atoms with van der Waals surface area (Å²) in [4.78, 5) is 37.3. The maximum absolute atomic E-state index is 12.7. The minimum Gasteiger partial charge on any atom is -0.325 e. The molecule has 0 saturated heterocycles. The lowest BCUT2D eigenvalue weighted by atomic mass is 10.1. The summed E-state index contributed by atoms with van der Waals surface area (Å²) < 4.78 is 38.1. The van der Waals surface area contributed by atoms with E-state index >= 15 is 0 Å². The van der Waals surface area contributed by atoms with Crippen molar-refractivity contribution in [1.29, 1.82) is 0 Å². The number of imide groups is 1. The van der Waals surface area contributed by atoms with Crippen molar-refractivity contribution >= 4 is 35.0 Å². The van der Waals surface area contributed by atoms with Crippen molar-refractivity contribution in [3.05, 3.63) is 64.2 Å². The van der Waals surface area contributed by atoms with Crippen molar-refractivity contribution < 1.29 is 27.6 Å². The van der Waals surface area contributed by atoms with Crippen molar-refractivity contribution in [2.75, 3.05) is 11.9 Å². The second-order valence-electron chi connectivity index (χ2n) is 5.49. The Morgan fingerprint density at radius 3 is 2.42 bits per heavy atom. The monoisotopic (exact) mass is 382 g/mol. The number of nitrogens with one attached hydrogen (secondary N) is 1. The molecule has 5 nitrogen and oxygen atoms in total. The molecule has 0 fully saturated rings. The van der Waals surface area contributed by atoms with E-state index in [1.54, 1.807) is 0 Å². The van der Waals surface area contributed by atoms with Gasteiger partial charge in [0.05, 0.1) is 21.7 Å². The predicted molar refractivity (Wildman–Crippen MR) is 86.9 cm³/mol. The van der Waals surface area contributed by atoms with Crippen LogP contribution in [0.5, 0.6) is 0 Å². The van der Waals surface area contributed by atoms with Gasteiger partial charge in [-0.15, -0.1) is 0 Å². The number of carbonyl (C=O) groups is 3. The lowest BCUT2D eigenvalue weighted by Gasteiger charge is -2.14. The number of fused-ring (bicyclic) bond motifs is 1. The van der Waals surface area contributed by atoms with E-state index in [9.17, 15) is 27.6 Å². The van der Waals surface area contributed by atoms with E-state index in [-0.39, 0.29) is 21.8 Å². The third-order valence-electron chi connectivity index (χ3n) is 3.72. The van der Waals surface area contributed by atoms with Crippen LogP contribution in [0.3, 0.4) is 0 Å². The molecule has 2 aromatic carbocycles. The molecule has 0 aliphatic carbocycles. The Kier molecular flexibility index (Phi) is 4.45. The first kappa shape index (κ1) is 17.9. The van der Waals surface area contributed by atoms with Crippen LogP contribution in [0.2, 0.25) is 5.02 Å². The summed E-state index contributed by atoms with van der Waals surface area (Å²) in [6, 6.07) is 8.38. The fraction of sp³-hybridized carbons (Fsp3) is 0.118. The maximum atomic E-state index is 12.7. The Morgan fingerprint density at radius 2 is 1.77 bits per heavy atom. The van der Waals surface area contributed by atoms with Crippen molar-refractivity contribution in [2.24, 2.45) is 0 Å². The van der Waals surface area contributed by atoms with E-state index in [0.29, 0.717) is 4.90 Å². The first-order chi connectivity index (χ1) is 12.2. The molecule has 0 unspecified atom stereocenters. The lowest BCUT2D eigenvalue weighted by molar-refractivity contribution is -0.137. The fourth-order valence-electron chi connectivity index (χ4n) is 2.55. The predicted octanol–water partition coefficient (Wildman–Crippen LogP) is 3.59. The molecule has 0 radical (unpaired) electrons. The van der Waals surface area contributed by atoms with Crippen LogP contribution in [0.25, 0.3) is 0 Å². The highest BCUT2D eigenvalue weighted by atomic mass is 35.5. The molecule has 1 aliphatic rings. The standard InChI is InChI=1S/C17H10ClF3N2O3/c18-12-6-2-5-11-14(12)16(26)23(15(11)25)8-13(24)22-10-4-1-3-9(7-10)17(19,20)21/h1-7H,8H2,(H,22,24). The Morgan fingerprint density at radius 1 is 1.08 bits per heavy atom. The second-order valence-corrected chi connectivity index (χ2v) is 5.89. The number of amides is 3. The molecule has 26 heavy (non-hydrogen) atoms. The number of anilines is 1. The number of hydrogen-bond acceptors (Lipinski definition) is 3. The highest BCUT2D eigenvalue weighted by molar-refractivity contribution is 6.37. The van der Waals surface area contributed by atoms with E-state index in [1.807, 2.05) is 0 Å². The molecule has 1 heterocycles. The van der Waals surface area contributed by atoms with Gasteiger partial charge in [-0.05, 0) is 30.3 Å².